The molecule has 1 N–H and O–H groups in total. The van der Waals surface area contributed by atoms with Crippen LogP contribution in [0.2, 0.25) is 0 Å². The van der Waals surface area contributed by atoms with Crippen molar-refractivity contribution in [3.05, 3.63) is 92.1 Å². The van der Waals surface area contributed by atoms with Gasteiger partial charge in [-0.15, -0.1) is 0 Å². The lowest BCUT2D eigenvalue weighted by molar-refractivity contribution is 0.0806. The molecular weight excluding hydrogens is 572 g/mol. The van der Waals surface area contributed by atoms with Crippen LogP contribution >= 0.6 is 12.2 Å². The third kappa shape index (κ3) is 6.46. The van der Waals surface area contributed by atoms with Crippen LogP contribution in [0.15, 0.2) is 62.6 Å². The van der Waals surface area contributed by atoms with E-state index >= 15 is 0 Å². The van der Waals surface area contributed by atoms with E-state index in [0.717, 1.165) is 77.7 Å². The zero-order chi connectivity index (χ0) is 30.6. The van der Waals surface area contributed by atoms with Crippen molar-refractivity contribution in [3.63, 3.8) is 0 Å². The molecule has 0 bridgehead atoms. The summed E-state index contributed by atoms with van der Waals surface area (Å²) in [4.78, 5) is 39.1. The Labute approximate surface area is 262 Å². The Hall–Kier alpha value is -3.89. The van der Waals surface area contributed by atoms with Crippen molar-refractivity contribution in [1.82, 2.24) is 29.5 Å². The van der Waals surface area contributed by atoms with Gasteiger partial charge < -0.3 is 4.90 Å². The number of rotatable bonds is 9. The monoisotopic (exact) mass is 612 g/mol. The van der Waals surface area contributed by atoms with Crippen molar-refractivity contribution in [1.29, 1.82) is 0 Å². The van der Waals surface area contributed by atoms with E-state index in [1.54, 1.807) is 0 Å². The van der Waals surface area contributed by atoms with E-state index in [4.69, 9.17) is 21.7 Å². The molecule has 2 aliphatic rings. The van der Waals surface area contributed by atoms with Gasteiger partial charge in [0, 0.05) is 55.3 Å². The van der Waals surface area contributed by atoms with E-state index in [9.17, 15) is 9.59 Å². The van der Waals surface area contributed by atoms with Gasteiger partial charge in [-0.1, -0.05) is 85.7 Å². The smallest absolute Gasteiger partial charge is 0.363 e. The molecule has 10 heteroatoms. The summed E-state index contributed by atoms with van der Waals surface area (Å²) < 4.78 is 6.58. The fourth-order valence-corrected chi connectivity index (χ4v) is 6.86. The number of unbranched alkanes of at least 4 members (excludes halogenated alkanes) is 1. The van der Waals surface area contributed by atoms with Crippen molar-refractivity contribution < 1.29 is 4.52 Å². The number of aromatic nitrogens is 4. The molecule has 0 aliphatic carbocycles. The molecule has 2 aromatic carbocycles. The van der Waals surface area contributed by atoms with Gasteiger partial charge in [-0.2, -0.15) is 0 Å². The summed E-state index contributed by atoms with van der Waals surface area (Å²) in [5.41, 5.74) is 5.17. The number of H-pyrrole nitrogens is 1. The van der Waals surface area contributed by atoms with Gasteiger partial charge in [0.2, 0.25) is 0 Å². The molecule has 6 rings (SSSR count). The fraction of sp³-hybridized carbons (Fsp3) is 0.441. The molecule has 44 heavy (non-hydrogen) atoms. The second kappa shape index (κ2) is 13.4. The Morgan fingerprint density at radius 1 is 1.05 bits per heavy atom. The van der Waals surface area contributed by atoms with Gasteiger partial charge in [0.1, 0.15) is 5.82 Å². The predicted molar refractivity (Wildman–Crippen MR) is 176 cm³/mol. The van der Waals surface area contributed by atoms with Gasteiger partial charge in [0.05, 0.1) is 11.5 Å². The Balaban J connectivity index is 1.25. The summed E-state index contributed by atoms with van der Waals surface area (Å²) in [7, 11) is 0. The van der Waals surface area contributed by atoms with Crippen LogP contribution in [0.1, 0.15) is 61.7 Å². The molecule has 4 aromatic rings. The third-order valence-electron chi connectivity index (χ3n) is 9.05. The number of nitrogens with one attached hydrogen (secondary N) is 1. The number of hydrogen-bond donors (Lipinski definition) is 1. The fourth-order valence-electron chi connectivity index (χ4n) is 6.55. The minimum absolute atomic E-state index is 0.00617. The summed E-state index contributed by atoms with van der Waals surface area (Å²) in [6.07, 6.45) is 6.99. The minimum Gasteiger partial charge on any atom is -0.363 e. The van der Waals surface area contributed by atoms with Gasteiger partial charge in [-0.25, -0.2) is 9.78 Å². The molecule has 2 saturated heterocycles. The largest absolute Gasteiger partial charge is 0.439 e. The first-order valence-corrected chi connectivity index (χ1v) is 16.2. The molecule has 9 nitrogen and oxygen atoms in total. The maximum Gasteiger partial charge on any atom is 0.439 e. The summed E-state index contributed by atoms with van der Waals surface area (Å²) in [5, 5.41) is 3.87. The van der Waals surface area contributed by atoms with E-state index in [1.165, 1.54) is 25.8 Å². The van der Waals surface area contributed by atoms with E-state index in [0.29, 0.717) is 30.4 Å². The maximum atomic E-state index is 14.1. The number of piperidine rings is 1. The highest BCUT2D eigenvalue weighted by molar-refractivity contribution is 7.80. The number of piperazine rings is 1. The molecule has 2 fully saturated rings. The SMILES string of the molecule is CCCCc1nc(C)c(CC(=S)N2CCN3CCCCC3C2)c(=O)n1Cc1ccc(-c2ccccc2-c2noc(=O)[nH]2)cc1. The first-order chi connectivity index (χ1) is 21.4. The Bertz CT molecular complexity index is 1740. The van der Waals surface area contributed by atoms with Crippen molar-refractivity contribution in [3.8, 4) is 22.5 Å². The van der Waals surface area contributed by atoms with Gasteiger partial charge in [0.25, 0.3) is 5.56 Å². The quantitative estimate of drug-likeness (QED) is 0.264. The maximum absolute atomic E-state index is 14.1. The van der Waals surface area contributed by atoms with Gasteiger partial charge in [0.15, 0.2) is 5.82 Å². The number of aromatic amines is 1. The lowest BCUT2D eigenvalue weighted by atomic mass is 9.98. The molecule has 0 amide bonds. The minimum atomic E-state index is -0.590. The standard InChI is InChI=1S/C34H40N6O3S/c1-3-4-12-30-35-23(2)29(20-31(44)39-19-18-38-17-8-7-9-26(38)22-39)33(41)40(30)21-24-13-15-25(16-14-24)27-10-5-6-11-28(27)32-36-34(42)43-37-32/h5-6,10-11,13-16,26H,3-4,7-9,12,17-22H2,1-2H3,(H,36,37,42). The second-order valence-electron chi connectivity index (χ2n) is 12.0. The van der Waals surface area contributed by atoms with Crippen LogP contribution < -0.4 is 11.3 Å². The molecule has 0 radical (unpaired) electrons. The van der Waals surface area contributed by atoms with Gasteiger partial charge >= 0.3 is 5.76 Å². The number of benzene rings is 2. The molecule has 2 aromatic heterocycles. The zero-order valence-corrected chi connectivity index (χ0v) is 26.4. The van der Waals surface area contributed by atoms with E-state index in [1.807, 2.05) is 60.0 Å². The van der Waals surface area contributed by atoms with Crippen molar-refractivity contribution >= 4 is 17.2 Å². The van der Waals surface area contributed by atoms with Gasteiger partial charge in [-0.05, 0) is 49.4 Å². The number of fused-ring (bicyclic) bond motifs is 1. The highest BCUT2D eigenvalue weighted by Gasteiger charge is 2.30. The van der Waals surface area contributed by atoms with E-state index in [2.05, 4.69) is 26.9 Å². The molecule has 230 valence electrons. The van der Waals surface area contributed by atoms with Gasteiger partial charge in [-0.3, -0.25) is 23.8 Å². The average Bonchev–Trinajstić information content (AvgIpc) is 3.49. The predicted octanol–water partition coefficient (Wildman–Crippen LogP) is 4.99. The Morgan fingerprint density at radius 3 is 2.59 bits per heavy atom. The summed E-state index contributed by atoms with van der Waals surface area (Å²) >= 11 is 5.95. The number of nitrogens with zero attached hydrogens (tertiary/aromatic N) is 5. The molecular formula is C34H40N6O3S. The van der Waals surface area contributed by atoms with Crippen LogP contribution in [0.3, 0.4) is 0 Å². The highest BCUT2D eigenvalue weighted by Crippen LogP contribution is 2.30. The summed E-state index contributed by atoms with van der Waals surface area (Å²) in [6.45, 7) is 8.65. The molecule has 2 aliphatic heterocycles. The van der Waals surface area contributed by atoms with Crippen LogP contribution in [-0.2, 0) is 19.4 Å². The topological polar surface area (TPSA) is 100 Å². The molecule has 4 heterocycles. The molecule has 0 spiro atoms. The van der Waals surface area contributed by atoms with E-state index < -0.39 is 5.76 Å². The highest BCUT2D eigenvalue weighted by atomic mass is 32.1. The van der Waals surface area contributed by atoms with Crippen LogP contribution in [0, 0.1) is 6.92 Å². The Morgan fingerprint density at radius 2 is 1.84 bits per heavy atom. The van der Waals surface area contributed by atoms with Crippen LogP contribution in [0.5, 0.6) is 0 Å². The van der Waals surface area contributed by atoms with Crippen molar-refractivity contribution in [2.24, 2.45) is 0 Å². The van der Waals surface area contributed by atoms with Crippen LogP contribution in [-0.4, -0.2) is 66.7 Å². The summed E-state index contributed by atoms with van der Waals surface area (Å²) in [6, 6.07) is 16.4. The van der Waals surface area contributed by atoms with E-state index in [-0.39, 0.29) is 5.56 Å². The normalized spacial score (nSPS) is 17.0. The lowest BCUT2D eigenvalue weighted by Gasteiger charge is -2.45. The molecule has 1 atom stereocenters. The third-order valence-corrected chi connectivity index (χ3v) is 9.45. The first-order valence-electron chi connectivity index (χ1n) is 15.8. The summed E-state index contributed by atoms with van der Waals surface area (Å²) in [5.74, 6) is 0.621. The van der Waals surface area contributed by atoms with Crippen molar-refractivity contribution in [2.45, 2.75) is 71.4 Å². The lowest BCUT2D eigenvalue weighted by Crippen LogP contribution is -2.56. The molecule has 1 unspecified atom stereocenters. The molecule has 0 saturated carbocycles. The number of aryl methyl sites for hydroxylation is 2. The van der Waals surface area contributed by atoms with Crippen molar-refractivity contribution in [2.75, 3.05) is 26.2 Å². The first kappa shape index (κ1) is 30.1. The number of thiocarbonyl (C=S) groups is 1. The Kier molecular flexibility index (Phi) is 9.18. The number of hydrogen-bond acceptors (Lipinski definition) is 7. The second-order valence-corrected chi connectivity index (χ2v) is 12.4. The van der Waals surface area contributed by atoms with Crippen LogP contribution in [0.4, 0.5) is 0 Å². The van der Waals surface area contributed by atoms with Crippen LogP contribution in [0.25, 0.3) is 22.5 Å². The zero-order valence-electron chi connectivity index (χ0n) is 25.6. The average molecular weight is 613 g/mol.